The van der Waals surface area contributed by atoms with Crippen molar-refractivity contribution in [3.63, 3.8) is 0 Å². The van der Waals surface area contributed by atoms with Crippen molar-refractivity contribution >= 4 is 11.8 Å². The average molecular weight is 425 g/mol. The van der Waals surface area contributed by atoms with Crippen LogP contribution in [0.3, 0.4) is 0 Å². The molecule has 0 aliphatic carbocycles. The van der Waals surface area contributed by atoms with Crippen molar-refractivity contribution in [3.05, 3.63) is 71.8 Å². The monoisotopic (exact) mass is 424 g/mol. The van der Waals surface area contributed by atoms with Crippen LogP contribution in [0.25, 0.3) is 0 Å². The molecule has 0 saturated heterocycles. The second-order valence-electron chi connectivity index (χ2n) is 7.71. The van der Waals surface area contributed by atoms with Gasteiger partial charge in [-0.2, -0.15) is 0 Å². The Kier molecular flexibility index (Phi) is 11.4. The Labute approximate surface area is 186 Å². The van der Waals surface area contributed by atoms with Gasteiger partial charge in [0, 0.05) is 13.1 Å². The Bertz CT molecular complexity index is 768. The SMILES string of the molecule is NCCCC(C(=O)NCCCc1ccccc1)N(CCCc1ccccc1)C(=O)CN. The Hall–Kier alpha value is -2.70. The van der Waals surface area contributed by atoms with Crippen LogP contribution in [0.15, 0.2) is 60.7 Å². The lowest BCUT2D eigenvalue weighted by molar-refractivity contribution is -0.139. The van der Waals surface area contributed by atoms with Crippen LogP contribution in [0.4, 0.5) is 0 Å². The van der Waals surface area contributed by atoms with Crippen LogP contribution in [-0.2, 0) is 22.4 Å². The van der Waals surface area contributed by atoms with Crippen LogP contribution in [0.5, 0.6) is 0 Å². The fourth-order valence-electron chi connectivity index (χ4n) is 3.68. The van der Waals surface area contributed by atoms with Crippen LogP contribution in [0.2, 0.25) is 0 Å². The van der Waals surface area contributed by atoms with Gasteiger partial charge in [0.25, 0.3) is 0 Å². The van der Waals surface area contributed by atoms with E-state index in [0.29, 0.717) is 32.5 Å². The first-order valence-electron chi connectivity index (χ1n) is 11.2. The van der Waals surface area contributed by atoms with Gasteiger partial charge in [0.2, 0.25) is 11.8 Å². The van der Waals surface area contributed by atoms with Crippen molar-refractivity contribution in [2.24, 2.45) is 11.5 Å². The number of amides is 2. The number of nitrogens with two attached hydrogens (primary N) is 2. The number of carbonyl (C=O) groups is 2. The number of nitrogens with one attached hydrogen (secondary N) is 1. The van der Waals surface area contributed by atoms with Crippen LogP contribution < -0.4 is 16.8 Å². The first-order valence-corrected chi connectivity index (χ1v) is 11.2. The largest absolute Gasteiger partial charge is 0.354 e. The second-order valence-corrected chi connectivity index (χ2v) is 7.71. The molecule has 0 spiro atoms. The molecule has 2 aromatic carbocycles. The molecule has 6 heteroatoms. The average Bonchev–Trinajstić information content (AvgIpc) is 2.81. The fraction of sp³-hybridized carbons (Fsp3) is 0.440. The molecule has 0 aromatic heterocycles. The summed E-state index contributed by atoms with van der Waals surface area (Å²) >= 11 is 0. The van der Waals surface area contributed by atoms with E-state index in [-0.39, 0.29) is 18.4 Å². The van der Waals surface area contributed by atoms with Gasteiger partial charge in [0.05, 0.1) is 6.54 Å². The van der Waals surface area contributed by atoms with Crippen molar-refractivity contribution in [2.75, 3.05) is 26.2 Å². The van der Waals surface area contributed by atoms with Gasteiger partial charge in [0.1, 0.15) is 6.04 Å². The quantitative estimate of drug-likeness (QED) is 0.405. The number of nitrogens with zero attached hydrogens (tertiary/aromatic N) is 1. The van der Waals surface area contributed by atoms with Gasteiger partial charge in [-0.3, -0.25) is 9.59 Å². The molecular formula is C25H36N4O2. The van der Waals surface area contributed by atoms with Gasteiger partial charge in [-0.15, -0.1) is 0 Å². The van der Waals surface area contributed by atoms with Crippen molar-refractivity contribution < 1.29 is 9.59 Å². The Morgan fingerprint density at radius 2 is 1.42 bits per heavy atom. The molecule has 0 heterocycles. The molecule has 0 bridgehead atoms. The Balaban J connectivity index is 1.93. The highest BCUT2D eigenvalue weighted by Crippen LogP contribution is 2.12. The molecule has 31 heavy (non-hydrogen) atoms. The molecule has 0 aliphatic rings. The normalized spacial score (nSPS) is 11.7. The summed E-state index contributed by atoms with van der Waals surface area (Å²) < 4.78 is 0. The molecule has 0 aliphatic heterocycles. The predicted octanol–water partition coefficient (Wildman–Crippen LogP) is 2.26. The number of aryl methyl sites for hydroxylation is 2. The van der Waals surface area contributed by atoms with E-state index in [4.69, 9.17) is 11.5 Å². The zero-order chi connectivity index (χ0) is 22.3. The predicted molar refractivity (Wildman–Crippen MR) is 125 cm³/mol. The van der Waals surface area contributed by atoms with Crippen LogP contribution >= 0.6 is 0 Å². The lowest BCUT2D eigenvalue weighted by Crippen LogP contribution is -2.52. The van der Waals surface area contributed by atoms with E-state index in [0.717, 1.165) is 25.7 Å². The van der Waals surface area contributed by atoms with E-state index in [1.807, 2.05) is 36.4 Å². The van der Waals surface area contributed by atoms with Crippen LogP contribution in [0.1, 0.15) is 36.8 Å². The standard InChI is InChI=1S/C25H36N4O2/c26-17-7-16-23(25(31)28-18-8-14-21-10-3-1-4-11-21)29(24(30)20-27)19-9-15-22-12-5-2-6-13-22/h1-6,10-13,23H,7-9,14-20,26-27H2,(H,28,31). The third-order valence-electron chi connectivity index (χ3n) is 5.35. The summed E-state index contributed by atoms with van der Waals surface area (Å²) in [5.41, 5.74) is 13.8. The van der Waals surface area contributed by atoms with E-state index in [9.17, 15) is 9.59 Å². The maximum atomic E-state index is 13.0. The molecule has 0 saturated carbocycles. The van der Waals surface area contributed by atoms with E-state index >= 15 is 0 Å². The third kappa shape index (κ3) is 8.90. The minimum absolute atomic E-state index is 0.105. The highest BCUT2D eigenvalue weighted by atomic mass is 16.2. The van der Waals surface area contributed by atoms with Crippen molar-refractivity contribution in [2.45, 2.75) is 44.6 Å². The van der Waals surface area contributed by atoms with Gasteiger partial charge in [-0.1, -0.05) is 60.7 Å². The number of rotatable bonds is 14. The molecule has 6 nitrogen and oxygen atoms in total. The lowest BCUT2D eigenvalue weighted by atomic mass is 10.1. The number of benzene rings is 2. The molecule has 168 valence electrons. The summed E-state index contributed by atoms with van der Waals surface area (Å²) in [5, 5.41) is 3.02. The van der Waals surface area contributed by atoms with Gasteiger partial charge >= 0.3 is 0 Å². The van der Waals surface area contributed by atoms with Gasteiger partial charge in [-0.05, 0) is 56.2 Å². The van der Waals surface area contributed by atoms with E-state index < -0.39 is 6.04 Å². The highest BCUT2D eigenvalue weighted by molar-refractivity contribution is 5.88. The molecule has 1 unspecified atom stereocenters. The first kappa shape index (κ1) is 24.6. The Morgan fingerprint density at radius 1 is 0.839 bits per heavy atom. The summed E-state index contributed by atoms with van der Waals surface area (Å²) in [6.45, 7) is 1.44. The van der Waals surface area contributed by atoms with Crippen molar-refractivity contribution in [1.82, 2.24) is 10.2 Å². The molecule has 0 radical (unpaired) electrons. The van der Waals surface area contributed by atoms with Gasteiger partial charge < -0.3 is 21.7 Å². The zero-order valence-corrected chi connectivity index (χ0v) is 18.3. The maximum absolute atomic E-state index is 13.0. The van der Waals surface area contributed by atoms with Gasteiger partial charge in [0.15, 0.2) is 0 Å². The fourth-order valence-corrected chi connectivity index (χ4v) is 3.68. The smallest absolute Gasteiger partial charge is 0.242 e. The number of carbonyl (C=O) groups excluding carboxylic acids is 2. The minimum atomic E-state index is -0.535. The van der Waals surface area contributed by atoms with E-state index in [2.05, 4.69) is 29.6 Å². The number of hydrogen-bond donors (Lipinski definition) is 3. The maximum Gasteiger partial charge on any atom is 0.242 e. The molecule has 2 aromatic rings. The summed E-state index contributed by atoms with van der Waals surface area (Å²) in [6.07, 6.45) is 4.58. The van der Waals surface area contributed by atoms with Crippen molar-refractivity contribution in [1.29, 1.82) is 0 Å². The molecule has 2 amide bonds. The molecule has 2 rings (SSSR count). The van der Waals surface area contributed by atoms with E-state index in [1.165, 1.54) is 11.1 Å². The minimum Gasteiger partial charge on any atom is -0.354 e. The second kappa shape index (κ2) is 14.3. The first-order chi connectivity index (χ1) is 15.2. The van der Waals surface area contributed by atoms with Crippen LogP contribution in [-0.4, -0.2) is 48.9 Å². The number of hydrogen-bond acceptors (Lipinski definition) is 4. The molecule has 1 atom stereocenters. The highest BCUT2D eigenvalue weighted by Gasteiger charge is 2.28. The van der Waals surface area contributed by atoms with Crippen LogP contribution in [0, 0.1) is 0 Å². The Morgan fingerprint density at radius 3 is 1.97 bits per heavy atom. The van der Waals surface area contributed by atoms with E-state index in [1.54, 1.807) is 4.90 Å². The zero-order valence-electron chi connectivity index (χ0n) is 18.3. The van der Waals surface area contributed by atoms with Crippen molar-refractivity contribution in [3.8, 4) is 0 Å². The molecule has 5 N–H and O–H groups in total. The van der Waals surface area contributed by atoms with Gasteiger partial charge in [-0.25, -0.2) is 0 Å². The topological polar surface area (TPSA) is 101 Å². The summed E-state index contributed by atoms with van der Waals surface area (Å²) in [6, 6.07) is 19.8. The molecule has 0 fully saturated rings. The summed E-state index contributed by atoms with van der Waals surface area (Å²) in [5.74, 6) is -0.322. The third-order valence-corrected chi connectivity index (χ3v) is 5.35. The lowest BCUT2D eigenvalue weighted by Gasteiger charge is -2.31. The summed E-state index contributed by atoms with van der Waals surface area (Å²) in [4.78, 5) is 27.2. The molecular weight excluding hydrogens is 388 g/mol. The summed E-state index contributed by atoms with van der Waals surface area (Å²) in [7, 11) is 0.